The molecule has 4 fully saturated rings. The zero-order chi connectivity index (χ0) is 14.8. The molecule has 0 aromatic rings. The van der Waals surface area contributed by atoms with Gasteiger partial charge in [0.05, 0.1) is 12.2 Å². The standard InChI is InChI=1S/C19H32O2/c1-18-9-7-13(20)11-12(18)3-4-14-15-5-6-17(21)19(15,2)10-8-16(14)18/h12-17,20-21H,3-11H2,1-2H3/t12-,13-,14+,15+,16+,17+,18-,19+/m0/s1. The summed E-state index contributed by atoms with van der Waals surface area (Å²) in [7, 11) is 0. The van der Waals surface area contributed by atoms with Crippen molar-refractivity contribution in [2.24, 2.45) is 34.5 Å². The predicted octanol–water partition coefficient (Wildman–Crippen LogP) is 3.75. The van der Waals surface area contributed by atoms with Gasteiger partial charge < -0.3 is 10.2 Å². The molecule has 4 saturated carbocycles. The summed E-state index contributed by atoms with van der Waals surface area (Å²) in [4.78, 5) is 0. The molecule has 8 atom stereocenters. The van der Waals surface area contributed by atoms with Gasteiger partial charge in [-0.25, -0.2) is 0 Å². The van der Waals surface area contributed by atoms with Crippen molar-refractivity contribution in [3.8, 4) is 0 Å². The minimum atomic E-state index is -0.0536. The van der Waals surface area contributed by atoms with Crippen LogP contribution in [0.1, 0.15) is 71.6 Å². The molecule has 0 radical (unpaired) electrons. The van der Waals surface area contributed by atoms with Crippen LogP contribution in [-0.4, -0.2) is 22.4 Å². The Kier molecular flexibility index (Phi) is 3.25. The molecule has 4 aliphatic rings. The number of hydrogen-bond donors (Lipinski definition) is 2. The minimum Gasteiger partial charge on any atom is -0.393 e. The molecule has 2 N–H and O–H groups in total. The van der Waals surface area contributed by atoms with Gasteiger partial charge in [0.25, 0.3) is 0 Å². The van der Waals surface area contributed by atoms with E-state index in [-0.39, 0.29) is 17.6 Å². The molecule has 0 saturated heterocycles. The molecule has 0 aromatic heterocycles. The SMILES string of the molecule is C[C@]12CC[C@H](O)C[C@@H]1CC[C@H]1[C@H]2CC[C@@]2(C)[C@H](O)CC[C@H]12. The van der Waals surface area contributed by atoms with Crippen molar-refractivity contribution in [1.29, 1.82) is 0 Å². The number of hydrogen-bond acceptors (Lipinski definition) is 2. The van der Waals surface area contributed by atoms with Crippen LogP contribution < -0.4 is 0 Å². The van der Waals surface area contributed by atoms with Crippen molar-refractivity contribution in [1.82, 2.24) is 0 Å². The van der Waals surface area contributed by atoms with Crippen molar-refractivity contribution in [2.45, 2.75) is 83.8 Å². The normalized spacial score (nSPS) is 60.0. The fourth-order valence-corrected chi connectivity index (χ4v) is 7.21. The maximum Gasteiger partial charge on any atom is 0.0596 e. The molecule has 0 unspecified atom stereocenters. The summed E-state index contributed by atoms with van der Waals surface area (Å²) in [5, 5.41) is 20.5. The smallest absolute Gasteiger partial charge is 0.0596 e. The Bertz CT molecular complexity index is 422. The van der Waals surface area contributed by atoms with E-state index in [0.29, 0.717) is 5.41 Å². The third-order valence-electron chi connectivity index (χ3n) is 8.59. The molecule has 21 heavy (non-hydrogen) atoms. The lowest BCUT2D eigenvalue weighted by Gasteiger charge is -2.60. The van der Waals surface area contributed by atoms with E-state index >= 15 is 0 Å². The van der Waals surface area contributed by atoms with E-state index in [1.165, 1.54) is 38.5 Å². The molecular formula is C19H32O2. The Balaban J connectivity index is 1.62. The topological polar surface area (TPSA) is 40.5 Å². The van der Waals surface area contributed by atoms with Crippen LogP contribution in [0.2, 0.25) is 0 Å². The molecule has 120 valence electrons. The van der Waals surface area contributed by atoms with Gasteiger partial charge in [-0.15, -0.1) is 0 Å². The summed E-state index contributed by atoms with van der Waals surface area (Å²) >= 11 is 0. The second kappa shape index (κ2) is 4.71. The minimum absolute atomic E-state index is 0.0400. The van der Waals surface area contributed by atoms with Gasteiger partial charge in [-0.3, -0.25) is 0 Å². The molecule has 0 spiro atoms. The van der Waals surface area contributed by atoms with Gasteiger partial charge in [-0.1, -0.05) is 13.8 Å². The highest BCUT2D eigenvalue weighted by molar-refractivity contribution is 5.09. The lowest BCUT2D eigenvalue weighted by Crippen LogP contribution is -2.54. The highest BCUT2D eigenvalue weighted by Crippen LogP contribution is 2.66. The van der Waals surface area contributed by atoms with Crippen LogP contribution in [0.25, 0.3) is 0 Å². The van der Waals surface area contributed by atoms with E-state index in [2.05, 4.69) is 13.8 Å². The van der Waals surface area contributed by atoms with Gasteiger partial charge in [0.2, 0.25) is 0 Å². The lowest BCUT2D eigenvalue weighted by atomic mass is 9.45. The van der Waals surface area contributed by atoms with Crippen LogP contribution in [0, 0.1) is 34.5 Å². The first-order valence-corrected chi connectivity index (χ1v) is 9.31. The van der Waals surface area contributed by atoms with E-state index in [0.717, 1.165) is 42.9 Å². The summed E-state index contributed by atoms with van der Waals surface area (Å²) in [5.41, 5.74) is 0.676. The average Bonchev–Trinajstić information content (AvgIpc) is 2.76. The van der Waals surface area contributed by atoms with Gasteiger partial charge in [0, 0.05) is 0 Å². The Morgan fingerprint density at radius 3 is 2.29 bits per heavy atom. The number of aliphatic hydroxyl groups is 2. The molecule has 4 aliphatic carbocycles. The van der Waals surface area contributed by atoms with Crippen molar-refractivity contribution in [3.05, 3.63) is 0 Å². The molecule has 0 bridgehead atoms. The van der Waals surface area contributed by atoms with Crippen LogP contribution in [-0.2, 0) is 0 Å². The third-order valence-corrected chi connectivity index (χ3v) is 8.59. The van der Waals surface area contributed by atoms with E-state index in [9.17, 15) is 10.2 Å². The van der Waals surface area contributed by atoms with Crippen LogP contribution in [0.5, 0.6) is 0 Å². The quantitative estimate of drug-likeness (QED) is 0.714. The second-order valence-electron chi connectivity index (χ2n) is 9.22. The zero-order valence-electron chi connectivity index (χ0n) is 13.7. The zero-order valence-corrected chi connectivity index (χ0v) is 13.7. The molecule has 2 heteroatoms. The summed E-state index contributed by atoms with van der Waals surface area (Å²) < 4.78 is 0. The van der Waals surface area contributed by atoms with Crippen molar-refractivity contribution >= 4 is 0 Å². The Hall–Kier alpha value is -0.0800. The van der Waals surface area contributed by atoms with Gasteiger partial charge in [0.1, 0.15) is 0 Å². The largest absolute Gasteiger partial charge is 0.393 e. The van der Waals surface area contributed by atoms with Crippen LogP contribution in [0.15, 0.2) is 0 Å². The first kappa shape index (κ1) is 14.5. The molecule has 0 aliphatic heterocycles. The first-order valence-electron chi connectivity index (χ1n) is 9.31. The molecule has 0 aromatic carbocycles. The Labute approximate surface area is 129 Å². The van der Waals surface area contributed by atoms with Gasteiger partial charge in [0.15, 0.2) is 0 Å². The first-order chi connectivity index (χ1) is 9.95. The van der Waals surface area contributed by atoms with Gasteiger partial charge >= 0.3 is 0 Å². The van der Waals surface area contributed by atoms with Gasteiger partial charge in [-0.05, 0) is 92.3 Å². The molecule has 2 nitrogen and oxygen atoms in total. The summed E-state index contributed by atoms with van der Waals surface area (Å²) in [6, 6.07) is 0. The molecular weight excluding hydrogens is 260 g/mol. The van der Waals surface area contributed by atoms with Crippen LogP contribution in [0.3, 0.4) is 0 Å². The lowest BCUT2D eigenvalue weighted by molar-refractivity contribution is -0.133. The summed E-state index contributed by atoms with van der Waals surface area (Å²) in [6.07, 6.45) is 10.7. The van der Waals surface area contributed by atoms with E-state index in [1.807, 2.05) is 0 Å². The van der Waals surface area contributed by atoms with Gasteiger partial charge in [-0.2, -0.15) is 0 Å². The van der Waals surface area contributed by atoms with E-state index in [1.54, 1.807) is 0 Å². The van der Waals surface area contributed by atoms with Crippen molar-refractivity contribution in [2.75, 3.05) is 0 Å². The summed E-state index contributed by atoms with van der Waals surface area (Å²) in [5.74, 6) is 3.21. The number of rotatable bonds is 0. The number of aliphatic hydroxyl groups excluding tert-OH is 2. The maximum absolute atomic E-state index is 10.5. The Morgan fingerprint density at radius 1 is 0.762 bits per heavy atom. The highest BCUT2D eigenvalue weighted by Gasteiger charge is 2.59. The van der Waals surface area contributed by atoms with Crippen LogP contribution in [0.4, 0.5) is 0 Å². The van der Waals surface area contributed by atoms with Crippen molar-refractivity contribution < 1.29 is 10.2 Å². The second-order valence-corrected chi connectivity index (χ2v) is 9.22. The highest BCUT2D eigenvalue weighted by atomic mass is 16.3. The predicted molar refractivity (Wildman–Crippen MR) is 83.7 cm³/mol. The fourth-order valence-electron chi connectivity index (χ4n) is 7.21. The average molecular weight is 292 g/mol. The maximum atomic E-state index is 10.5. The monoisotopic (exact) mass is 292 g/mol. The molecule has 0 heterocycles. The van der Waals surface area contributed by atoms with E-state index < -0.39 is 0 Å². The molecule has 0 amide bonds. The third kappa shape index (κ3) is 1.91. The summed E-state index contributed by atoms with van der Waals surface area (Å²) in [6.45, 7) is 4.90. The van der Waals surface area contributed by atoms with Crippen molar-refractivity contribution in [3.63, 3.8) is 0 Å². The van der Waals surface area contributed by atoms with Crippen LogP contribution >= 0.6 is 0 Å². The Morgan fingerprint density at radius 2 is 1.48 bits per heavy atom. The number of fused-ring (bicyclic) bond motifs is 5. The molecule has 4 rings (SSSR count). The van der Waals surface area contributed by atoms with E-state index in [4.69, 9.17) is 0 Å². The fraction of sp³-hybridized carbons (Fsp3) is 1.00.